The highest BCUT2D eigenvalue weighted by molar-refractivity contribution is 7.84. The number of pyridine rings is 2. The van der Waals surface area contributed by atoms with Crippen molar-refractivity contribution in [3.05, 3.63) is 154 Å². The Morgan fingerprint density at radius 1 is 0.697 bits per heavy atom. The summed E-state index contributed by atoms with van der Waals surface area (Å²) in [6.07, 6.45) is 18.7. The Balaban J connectivity index is 0.000000196. The van der Waals surface area contributed by atoms with E-state index in [9.17, 15) is 13.8 Å². The first kappa shape index (κ1) is 63.1. The molecular formula is C57H66ClF2N21O7S. The van der Waals surface area contributed by atoms with E-state index in [0.717, 1.165) is 46.7 Å². The zero-order chi connectivity index (χ0) is 61.5. The summed E-state index contributed by atoms with van der Waals surface area (Å²) in [7, 11) is 1.58. The van der Waals surface area contributed by atoms with Crippen molar-refractivity contribution in [2.24, 2.45) is 5.73 Å². The van der Waals surface area contributed by atoms with E-state index in [1.807, 2.05) is 42.0 Å². The highest BCUT2D eigenvalue weighted by Gasteiger charge is 2.28. The van der Waals surface area contributed by atoms with Crippen molar-refractivity contribution in [2.45, 2.75) is 109 Å². The molecule has 2 aliphatic carbocycles. The lowest BCUT2D eigenvalue weighted by Gasteiger charge is -2.18. The van der Waals surface area contributed by atoms with Gasteiger partial charge in [0.1, 0.15) is 29.6 Å². The van der Waals surface area contributed by atoms with Crippen molar-refractivity contribution in [3.63, 3.8) is 0 Å². The van der Waals surface area contributed by atoms with Crippen molar-refractivity contribution in [1.29, 1.82) is 0 Å². The van der Waals surface area contributed by atoms with Crippen LogP contribution in [0.4, 0.5) is 8.78 Å². The highest BCUT2D eigenvalue weighted by atomic mass is 35.5. The molecule has 2 aliphatic rings. The molecule has 1 unspecified atom stereocenters. The molecule has 2 saturated carbocycles. The van der Waals surface area contributed by atoms with Gasteiger partial charge in [-0.15, -0.1) is 32.8 Å². The van der Waals surface area contributed by atoms with E-state index in [1.54, 1.807) is 23.0 Å². The number of nitrogens with zero attached hydrogens (tertiary/aromatic N) is 18. The maximum absolute atomic E-state index is 15.2. The SMILES string of the molecule is COc1ccc(-n2cnnn2)c(CCC(=O)c2cn(Cc3cn4cc(C5CC5)cc(COCCN)c4n3)nn2)c1F.COc1ccc(-n2cnnn2)c(CNC(=O)c2cn(Cc3cn4cc(C5CC5)cc(COCCNS(=O)C(C)(C)C)c4n3)nn2)c1F.Cl. The first-order valence-corrected chi connectivity index (χ1v) is 29.6. The molecule has 10 aromatic rings. The monoisotopic (exact) mass is 1260 g/mol. The Kier molecular flexibility index (Phi) is 19.9. The van der Waals surface area contributed by atoms with Gasteiger partial charge in [0, 0.05) is 73.1 Å². The lowest BCUT2D eigenvalue weighted by molar-refractivity contribution is 0.0943. The second-order valence-corrected chi connectivity index (χ2v) is 24.2. The van der Waals surface area contributed by atoms with Gasteiger partial charge in [0.2, 0.25) is 0 Å². The Morgan fingerprint density at radius 3 is 1.72 bits per heavy atom. The second kappa shape index (κ2) is 28.1. The predicted octanol–water partition coefficient (Wildman–Crippen LogP) is 5.16. The van der Waals surface area contributed by atoms with Crippen LogP contribution in [0.2, 0.25) is 0 Å². The van der Waals surface area contributed by atoms with E-state index in [2.05, 4.69) is 86.2 Å². The minimum absolute atomic E-state index is 0. The summed E-state index contributed by atoms with van der Waals surface area (Å²) >= 11 is 0. The maximum Gasteiger partial charge on any atom is 0.273 e. The fourth-order valence-corrected chi connectivity index (χ4v) is 10.5. The number of carbonyl (C=O) groups excluding carboxylic acids is 2. The average Bonchev–Trinajstić information content (AvgIpc) is 1.86. The van der Waals surface area contributed by atoms with Gasteiger partial charge in [0.15, 0.2) is 34.6 Å². The number of aromatic nitrogens is 18. The number of amides is 1. The molecule has 89 heavy (non-hydrogen) atoms. The summed E-state index contributed by atoms with van der Waals surface area (Å²) in [5, 5.41) is 41.1. The second-order valence-electron chi connectivity index (χ2n) is 22.1. The van der Waals surface area contributed by atoms with E-state index >= 15 is 8.78 Å². The van der Waals surface area contributed by atoms with Crippen molar-refractivity contribution < 1.29 is 41.5 Å². The van der Waals surface area contributed by atoms with Crippen LogP contribution in [0.15, 0.2) is 86.2 Å². The van der Waals surface area contributed by atoms with Gasteiger partial charge in [0.05, 0.1) is 105 Å². The molecule has 1 amide bonds. The highest BCUT2D eigenvalue weighted by Crippen LogP contribution is 2.42. The third-order valence-corrected chi connectivity index (χ3v) is 16.2. The topological polar surface area (TPSA) is 321 Å². The van der Waals surface area contributed by atoms with E-state index in [1.165, 1.54) is 83.2 Å². The van der Waals surface area contributed by atoms with Crippen LogP contribution in [0.5, 0.6) is 11.5 Å². The minimum Gasteiger partial charge on any atom is -0.494 e. The van der Waals surface area contributed by atoms with Crippen molar-refractivity contribution in [2.75, 3.05) is 40.5 Å². The number of benzene rings is 2. The number of methoxy groups -OCH3 is 2. The molecule has 2 aromatic carbocycles. The summed E-state index contributed by atoms with van der Waals surface area (Å²) in [5.41, 5.74) is 14.6. The van der Waals surface area contributed by atoms with Crippen LogP contribution in [0.3, 0.4) is 0 Å². The van der Waals surface area contributed by atoms with E-state index in [-0.39, 0.29) is 82.9 Å². The Hall–Kier alpha value is -8.88. The lowest BCUT2D eigenvalue weighted by Crippen LogP contribution is -2.35. The van der Waals surface area contributed by atoms with Crippen molar-refractivity contribution in [3.8, 4) is 22.9 Å². The number of nitrogens with two attached hydrogens (primary N) is 1. The molecule has 0 radical (unpaired) electrons. The van der Waals surface area contributed by atoms with Crippen LogP contribution in [0.1, 0.15) is 130 Å². The Morgan fingerprint density at radius 2 is 1.21 bits per heavy atom. The van der Waals surface area contributed by atoms with Crippen LogP contribution in [0.25, 0.3) is 22.7 Å². The quantitative estimate of drug-likeness (QED) is 0.0442. The summed E-state index contributed by atoms with van der Waals surface area (Å²) in [6.45, 7) is 8.80. The first-order valence-electron chi connectivity index (χ1n) is 28.4. The largest absolute Gasteiger partial charge is 0.494 e. The molecule has 8 heterocycles. The molecule has 0 saturated heterocycles. The van der Waals surface area contributed by atoms with Gasteiger partial charge in [-0.2, -0.15) is 0 Å². The standard InChI is InChI=1S/C30H36FN11O4S.C27H29FN10O3.ClH/c1-30(2,3)47(44)34-9-10-46-17-21-11-20(19-5-6-19)13-40-14-22(35-28(21)40)15-41-16-24(36-38-41)29(43)32-12-23-25(42-18-33-37-39-42)7-8-26(45-4)27(23)31;1-40-25-7-5-23(38-16-30-33-35-38)21(26(25)28)4-6-24(39)22-14-37(34-32-22)13-20-12-36-11-18(17-2-3-17)10-19(27(36)31-20)15-41-9-8-29;/h7-8,11,13-14,16,18-19,34H,5-6,9-10,12,15,17H2,1-4H3,(H,32,43);5,7,10-12,14,16-17H,2-4,6,8-9,13,15,29H2,1H3;1H. The van der Waals surface area contributed by atoms with Crippen LogP contribution in [0, 0.1) is 11.6 Å². The predicted molar refractivity (Wildman–Crippen MR) is 319 cm³/mol. The number of ether oxygens (including phenoxy) is 4. The number of tetrazole rings is 2. The zero-order valence-electron chi connectivity index (χ0n) is 49.4. The molecule has 1 atom stereocenters. The molecule has 0 spiro atoms. The van der Waals surface area contributed by atoms with Crippen LogP contribution in [-0.4, -0.2) is 150 Å². The summed E-state index contributed by atoms with van der Waals surface area (Å²) in [5.74, 6) is -0.811. The normalized spacial score (nSPS) is 13.5. The third kappa shape index (κ3) is 15.2. The Labute approximate surface area is 516 Å². The number of hydrogen-bond donors (Lipinski definition) is 3. The fourth-order valence-electron chi connectivity index (χ4n) is 9.82. The molecule has 32 heteroatoms. The molecule has 2 fully saturated rings. The van der Waals surface area contributed by atoms with Gasteiger partial charge in [-0.3, -0.25) is 9.59 Å². The number of Topliss-reactive ketones (excluding diaryl/α,β-unsaturated/α-hetero) is 1. The summed E-state index contributed by atoms with van der Waals surface area (Å²) < 4.78 is 76.8. The fraction of sp³-hybridized carbons (Fsp3) is 0.404. The zero-order valence-corrected chi connectivity index (χ0v) is 51.0. The number of nitrogens with one attached hydrogen (secondary N) is 2. The number of rotatable bonds is 27. The van der Waals surface area contributed by atoms with Crippen LogP contribution < -0.4 is 25.2 Å². The van der Waals surface area contributed by atoms with Crippen molar-refractivity contribution in [1.82, 2.24) is 99.2 Å². The number of hydrogen-bond acceptors (Lipinski definition) is 20. The van der Waals surface area contributed by atoms with Gasteiger partial charge in [-0.1, -0.05) is 10.4 Å². The molecule has 4 N–H and O–H groups in total. The first-order chi connectivity index (χ1) is 42.6. The maximum atomic E-state index is 15.2. The van der Waals surface area contributed by atoms with Gasteiger partial charge in [-0.05, 0) is 133 Å². The number of fused-ring (bicyclic) bond motifs is 2. The molecule has 12 rings (SSSR count). The van der Waals surface area contributed by atoms with Crippen LogP contribution in [-0.2, 0) is 59.7 Å². The molecular weight excluding hydrogens is 1200 g/mol. The summed E-state index contributed by atoms with van der Waals surface area (Å²) in [6, 6.07) is 10.5. The minimum atomic E-state index is -1.16. The molecule has 0 bridgehead atoms. The molecule has 468 valence electrons. The van der Waals surface area contributed by atoms with Crippen LogP contribution >= 0.6 is 12.4 Å². The van der Waals surface area contributed by atoms with Gasteiger partial charge in [0.25, 0.3) is 5.91 Å². The van der Waals surface area contributed by atoms with E-state index in [0.29, 0.717) is 69.3 Å². The lowest BCUT2D eigenvalue weighted by atomic mass is 10.0. The molecule has 8 aromatic heterocycles. The molecule has 28 nitrogen and oxygen atoms in total. The van der Waals surface area contributed by atoms with Crippen molar-refractivity contribution >= 4 is 46.4 Å². The summed E-state index contributed by atoms with van der Waals surface area (Å²) in [4.78, 5) is 35.6. The van der Waals surface area contributed by atoms with E-state index in [4.69, 9.17) is 34.6 Å². The number of imidazole rings is 2. The Bertz CT molecular complexity index is 4100. The van der Waals surface area contributed by atoms with Gasteiger partial charge >= 0.3 is 0 Å². The van der Waals surface area contributed by atoms with E-state index < -0.39 is 28.5 Å². The van der Waals surface area contributed by atoms with Gasteiger partial charge in [-0.25, -0.2) is 46.4 Å². The van der Waals surface area contributed by atoms with Gasteiger partial charge < -0.3 is 38.8 Å². The number of halogens is 3. The third-order valence-electron chi connectivity index (χ3n) is 14.6. The number of ketones is 1. The average molecular weight is 1260 g/mol. The smallest absolute Gasteiger partial charge is 0.273 e. The molecule has 0 aliphatic heterocycles. The number of carbonyl (C=O) groups is 2.